The highest BCUT2D eigenvalue weighted by Gasteiger charge is 2.19. The summed E-state index contributed by atoms with van der Waals surface area (Å²) in [4.78, 5) is 30.6. The Hall–Kier alpha value is -2.63. The van der Waals surface area contributed by atoms with Crippen molar-refractivity contribution in [2.45, 2.75) is 0 Å². The van der Waals surface area contributed by atoms with E-state index in [2.05, 4.69) is 4.98 Å². The lowest BCUT2D eigenvalue weighted by Gasteiger charge is -2.23. The molecule has 110 valence electrons. The molecule has 1 heterocycles. The second kappa shape index (κ2) is 5.78. The number of likely N-dealkylation sites (N-methyl/N-ethyl adjacent to an activating group) is 2. The number of carbonyl (C=O) groups excluding carboxylic acids is 1. The summed E-state index contributed by atoms with van der Waals surface area (Å²) in [7, 11) is 5.04. The van der Waals surface area contributed by atoms with E-state index in [0.29, 0.717) is 16.6 Å². The summed E-state index contributed by atoms with van der Waals surface area (Å²) < 4.78 is 0. The van der Waals surface area contributed by atoms with E-state index in [1.807, 2.05) is 18.2 Å². The smallest absolute Gasteiger partial charge is 0.339 e. The number of carboxylic acids is 1. The topological polar surface area (TPSA) is 73.7 Å². The van der Waals surface area contributed by atoms with Crippen LogP contribution in [0.15, 0.2) is 30.5 Å². The number of rotatable bonds is 4. The highest BCUT2D eigenvalue weighted by atomic mass is 16.4. The van der Waals surface area contributed by atoms with Crippen LogP contribution >= 0.6 is 0 Å². The number of aromatic nitrogens is 1. The van der Waals surface area contributed by atoms with E-state index in [-0.39, 0.29) is 18.0 Å². The molecule has 0 saturated heterocycles. The molecule has 0 fully saturated rings. The number of hydrogen-bond donors (Lipinski definition) is 1. The Morgan fingerprint density at radius 1 is 1.19 bits per heavy atom. The number of nitrogens with zero attached hydrogens (tertiary/aromatic N) is 3. The zero-order chi connectivity index (χ0) is 15.6. The van der Waals surface area contributed by atoms with E-state index < -0.39 is 5.97 Å². The normalized spacial score (nSPS) is 10.4. The minimum Gasteiger partial charge on any atom is -0.478 e. The van der Waals surface area contributed by atoms with Crippen LogP contribution in [0.3, 0.4) is 0 Å². The number of hydrogen-bond acceptors (Lipinski definition) is 4. The number of carbonyl (C=O) groups is 2. The van der Waals surface area contributed by atoms with Crippen LogP contribution in [0, 0.1) is 0 Å². The molecule has 2 aromatic rings. The average molecular weight is 287 g/mol. The van der Waals surface area contributed by atoms with E-state index in [9.17, 15) is 14.7 Å². The molecule has 1 amide bonds. The summed E-state index contributed by atoms with van der Waals surface area (Å²) in [5, 5.41) is 10.1. The molecule has 1 N–H and O–H groups in total. The summed E-state index contributed by atoms with van der Waals surface area (Å²) in [6, 6.07) is 7.28. The molecule has 0 spiro atoms. The van der Waals surface area contributed by atoms with Crippen molar-refractivity contribution < 1.29 is 14.7 Å². The molecule has 1 aromatic heterocycles. The van der Waals surface area contributed by atoms with Crippen molar-refractivity contribution in [2.24, 2.45) is 0 Å². The van der Waals surface area contributed by atoms with Gasteiger partial charge in [-0.25, -0.2) is 4.79 Å². The first-order chi connectivity index (χ1) is 9.91. The molecule has 0 bridgehead atoms. The number of aromatic carboxylic acids is 1. The molecular weight excluding hydrogens is 270 g/mol. The number of pyridine rings is 1. The van der Waals surface area contributed by atoms with Gasteiger partial charge in [0.25, 0.3) is 0 Å². The minimum atomic E-state index is -1.06. The van der Waals surface area contributed by atoms with Crippen LogP contribution < -0.4 is 4.90 Å². The lowest BCUT2D eigenvalue weighted by atomic mass is 10.1. The van der Waals surface area contributed by atoms with Gasteiger partial charge in [0, 0.05) is 32.7 Å². The SMILES string of the molecule is CN(C)C(=O)CN(C)c1c(C(=O)O)cnc2ccccc12. The fourth-order valence-corrected chi connectivity index (χ4v) is 2.12. The molecule has 0 unspecified atom stereocenters. The van der Waals surface area contributed by atoms with Gasteiger partial charge in [-0.05, 0) is 6.07 Å². The van der Waals surface area contributed by atoms with Crippen LogP contribution in [-0.4, -0.2) is 54.6 Å². The Bertz CT molecular complexity index is 698. The maximum absolute atomic E-state index is 11.9. The first-order valence-electron chi connectivity index (χ1n) is 6.44. The quantitative estimate of drug-likeness (QED) is 0.921. The summed E-state index contributed by atoms with van der Waals surface area (Å²) in [6.07, 6.45) is 1.33. The summed E-state index contributed by atoms with van der Waals surface area (Å²) in [5.41, 5.74) is 1.28. The van der Waals surface area contributed by atoms with Crippen molar-refractivity contribution in [3.63, 3.8) is 0 Å². The van der Waals surface area contributed by atoms with Gasteiger partial charge in [-0.15, -0.1) is 0 Å². The van der Waals surface area contributed by atoms with Gasteiger partial charge < -0.3 is 14.9 Å². The van der Waals surface area contributed by atoms with Crippen molar-refractivity contribution >= 4 is 28.5 Å². The molecule has 6 heteroatoms. The van der Waals surface area contributed by atoms with Crippen molar-refractivity contribution in [1.82, 2.24) is 9.88 Å². The zero-order valence-electron chi connectivity index (χ0n) is 12.2. The van der Waals surface area contributed by atoms with Crippen molar-refractivity contribution in [3.8, 4) is 0 Å². The molecule has 1 aromatic carbocycles. The van der Waals surface area contributed by atoms with Gasteiger partial charge in [0.1, 0.15) is 5.56 Å². The molecule has 0 aliphatic carbocycles. The monoisotopic (exact) mass is 287 g/mol. The fourth-order valence-electron chi connectivity index (χ4n) is 2.12. The summed E-state index contributed by atoms with van der Waals surface area (Å²) in [6.45, 7) is 0.0985. The minimum absolute atomic E-state index is 0.0859. The van der Waals surface area contributed by atoms with E-state index in [0.717, 1.165) is 0 Å². The largest absolute Gasteiger partial charge is 0.478 e. The lowest BCUT2D eigenvalue weighted by Crippen LogP contribution is -2.35. The summed E-state index contributed by atoms with van der Waals surface area (Å²) in [5.74, 6) is -1.16. The molecule has 0 radical (unpaired) electrons. The van der Waals surface area contributed by atoms with Gasteiger partial charge in [-0.1, -0.05) is 18.2 Å². The number of anilines is 1. The van der Waals surface area contributed by atoms with Crippen LogP contribution in [-0.2, 0) is 4.79 Å². The lowest BCUT2D eigenvalue weighted by molar-refractivity contribution is -0.127. The van der Waals surface area contributed by atoms with E-state index in [1.165, 1.54) is 11.1 Å². The number of benzene rings is 1. The van der Waals surface area contributed by atoms with E-state index >= 15 is 0 Å². The Morgan fingerprint density at radius 3 is 2.48 bits per heavy atom. The second-order valence-corrected chi connectivity index (χ2v) is 4.99. The molecule has 0 aliphatic rings. The van der Waals surface area contributed by atoms with Gasteiger partial charge in [0.2, 0.25) is 5.91 Å². The highest BCUT2D eigenvalue weighted by molar-refractivity contribution is 6.05. The van der Waals surface area contributed by atoms with Crippen LogP contribution in [0.5, 0.6) is 0 Å². The van der Waals surface area contributed by atoms with Gasteiger partial charge in [0.05, 0.1) is 17.7 Å². The van der Waals surface area contributed by atoms with E-state index in [1.54, 1.807) is 32.1 Å². The van der Waals surface area contributed by atoms with Gasteiger partial charge in [-0.3, -0.25) is 9.78 Å². The second-order valence-electron chi connectivity index (χ2n) is 4.99. The number of carboxylic acid groups (broad SMARTS) is 1. The number of fused-ring (bicyclic) bond motifs is 1. The van der Waals surface area contributed by atoms with E-state index in [4.69, 9.17) is 0 Å². The molecule has 0 saturated carbocycles. The van der Waals surface area contributed by atoms with Crippen LogP contribution in [0.2, 0.25) is 0 Å². The predicted octanol–water partition coefficient (Wildman–Crippen LogP) is 1.46. The Kier molecular flexibility index (Phi) is 4.07. The molecule has 21 heavy (non-hydrogen) atoms. The summed E-state index contributed by atoms with van der Waals surface area (Å²) >= 11 is 0. The standard InChI is InChI=1S/C15H17N3O3/c1-17(2)13(19)9-18(3)14-10-6-4-5-7-12(10)16-8-11(14)15(20)21/h4-8H,9H2,1-3H3,(H,20,21). The highest BCUT2D eigenvalue weighted by Crippen LogP contribution is 2.28. The first kappa shape index (κ1) is 14.8. The van der Waals surface area contributed by atoms with Crippen molar-refractivity contribution in [3.05, 3.63) is 36.0 Å². The third-order valence-electron chi connectivity index (χ3n) is 3.23. The first-order valence-corrected chi connectivity index (χ1v) is 6.44. The number of para-hydroxylation sites is 1. The predicted molar refractivity (Wildman–Crippen MR) is 80.7 cm³/mol. The molecular formula is C15H17N3O3. The fraction of sp³-hybridized carbons (Fsp3) is 0.267. The Labute approximate surface area is 122 Å². The Morgan fingerprint density at radius 2 is 1.86 bits per heavy atom. The van der Waals surface area contributed by atoms with Gasteiger partial charge in [0.15, 0.2) is 0 Å². The number of amides is 1. The van der Waals surface area contributed by atoms with Crippen LogP contribution in [0.4, 0.5) is 5.69 Å². The van der Waals surface area contributed by atoms with Gasteiger partial charge >= 0.3 is 5.97 Å². The zero-order valence-corrected chi connectivity index (χ0v) is 12.2. The maximum atomic E-state index is 11.9. The van der Waals surface area contributed by atoms with Crippen LogP contribution in [0.1, 0.15) is 10.4 Å². The third kappa shape index (κ3) is 2.94. The average Bonchev–Trinajstić information content (AvgIpc) is 2.45. The van der Waals surface area contributed by atoms with Gasteiger partial charge in [-0.2, -0.15) is 0 Å². The maximum Gasteiger partial charge on any atom is 0.339 e. The molecule has 6 nitrogen and oxygen atoms in total. The Balaban J connectivity index is 2.56. The van der Waals surface area contributed by atoms with Crippen molar-refractivity contribution in [2.75, 3.05) is 32.6 Å². The molecule has 0 aliphatic heterocycles. The molecule has 2 rings (SSSR count). The molecule has 0 atom stereocenters. The van der Waals surface area contributed by atoms with Crippen molar-refractivity contribution in [1.29, 1.82) is 0 Å². The van der Waals surface area contributed by atoms with Crippen LogP contribution in [0.25, 0.3) is 10.9 Å². The third-order valence-corrected chi connectivity index (χ3v) is 3.23.